The van der Waals surface area contributed by atoms with Crippen molar-refractivity contribution in [2.75, 3.05) is 11.9 Å². The van der Waals surface area contributed by atoms with E-state index in [1.807, 2.05) is 42.8 Å². The van der Waals surface area contributed by atoms with Crippen LogP contribution in [-0.4, -0.2) is 27.9 Å². The van der Waals surface area contributed by atoms with Gasteiger partial charge in [-0.2, -0.15) is 0 Å². The van der Waals surface area contributed by atoms with Crippen LogP contribution in [0.5, 0.6) is 0 Å². The Hall–Kier alpha value is -2.63. The largest absolute Gasteiger partial charge is 0.348 e. The van der Waals surface area contributed by atoms with Crippen LogP contribution in [0.3, 0.4) is 0 Å². The standard InChI is InChI=1S/C16H20N4O2/c1-12-4-5-13(2)14(10-12)19-16(22)15(21)18-6-3-8-20-9-7-17-11-20/h4-5,7,9-11H,3,6,8H2,1-2H3,(H,18,21)(H,19,22). The van der Waals surface area contributed by atoms with Gasteiger partial charge in [-0.3, -0.25) is 9.59 Å². The van der Waals surface area contributed by atoms with Gasteiger partial charge in [-0.15, -0.1) is 0 Å². The lowest BCUT2D eigenvalue weighted by molar-refractivity contribution is -0.136. The second-order valence-corrected chi connectivity index (χ2v) is 5.18. The lowest BCUT2D eigenvalue weighted by Crippen LogP contribution is -2.36. The molecule has 2 amide bonds. The van der Waals surface area contributed by atoms with Gasteiger partial charge in [-0.05, 0) is 37.5 Å². The van der Waals surface area contributed by atoms with E-state index >= 15 is 0 Å². The quantitative estimate of drug-likeness (QED) is 0.651. The topological polar surface area (TPSA) is 76.0 Å². The summed E-state index contributed by atoms with van der Waals surface area (Å²) in [6, 6.07) is 5.72. The Morgan fingerprint density at radius 1 is 1.23 bits per heavy atom. The van der Waals surface area contributed by atoms with Crippen LogP contribution < -0.4 is 10.6 Å². The highest BCUT2D eigenvalue weighted by Gasteiger charge is 2.13. The fraction of sp³-hybridized carbons (Fsp3) is 0.312. The van der Waals surface area contributed by atoms with E-state index in [1.165, 1.54) is 0 Å². The molecule has 0 saturated carbocycles. The molecule has 1 heterocycles. The molecule has 0 bridgehead atoms. The van der Waals surface area contributed by atoms with Gasteiger partial charge in [0.15, 0.2) is 0 Å². The Bertz CT molecular complexity index is 650. The molecule has 0 aliphatic carbocycles. The number of benzene rings is 1. The third-order valence-corrected chi connectivity index (χ3v) is 3.29. The summed E-state index contributed by atoms with van der Waals surface area (Å²) in [4.78, 5) is 27.6. The van der Waals surface area contributed by atoms with Crippen LogP contribution in [0.25, 0.3) is 0 Å². The first-order chi connectivity index (χ1) is 10.6. The van der Waals surface area contributed by atoms with Gasteiger partial charge in [0.25, 0.3) is 0 Å². The zero-order valence-corrected chi connectivity index (χ0v) is 12.8. The average Bonchev–Trinajstić information content (AvgIpc) is 3.00. The molecule has 2 aromatic rings. The first-order valence-corrected chi connectivity index (χ1v) is 7.18. The van der Waals surface area contributed by atoms with Crippen LogP contribution in [0.4, 0.5) is 5.69 Å². The summed E-state index contributed by atoms with van der Waals surface area (Å²) in [5.74, 6) is -1.26. The average molecular weight is 300 g/mol. The molecule has 0 fully saturated rings. The minimum absolute atomic E-state index is 0.442. The first-order valence-electron chi connectivity index (χ1n) is 7.18. The number of nitrogens with one attached hydrogen (secondary N) is 2. The molecular weight excluding hydrogens is 280 g/mol. The highest BCUT2D eigenvalue weighted by Crippen LogP contribution is 2.15. The zero-order chi connectivity index (χ0) is 15.9. The minimum atomic E-state index is -0.642. The van der Waals surface area contributed by atoms with Gasteiger partial charge in [-0.1, -0.05) is 12.1 Å². The molecule has 2 rings (SSSR count). The highest BCUT2D eigenvalue weighted by molar-refractivity contribution is 6.39. The second kappa shape index (κ2) is 7.40. The predicted octanol–water partition coefficient (Wildman–Crippen LogP) is 1.64. The summed E-state index contributed by atoms with van der Waals surface area (Å²) in [7, 11) is 0. The molecule has 0 spiro atoms. The molecule has 22 heavy (non-hydrogen) atoms. The van der Waals surface area contributed by atoms with Crippen LogP contribution in [0.2, 0.25) is 0 Å². The molecule has 0 aliphatic rings. The van der Waals surface area contributed by atoms with Crippen molar-refractivity contribution in [1.82, 2.24) is 14.9 Å². The van der Waals surface area contributed by atoms with Crippen molar-refractivity contribution in [2.24, 2.45) is 0 Å². The van der Waals surface area contributed by atoms with Gasteiger partial charge in [0.2, 0.25) is 0 Å². The lowest BCUT2D eigenvalue weighted by Gasteiger charge is -2.09. The summed E-state index contributed by atoms with van der Waals surface area (Å²) in [5.41, 5.74) is 2.62. The molecule has 116 valence electrons. The molecular formula is C16H20N4O2. The van der Waals surface area contributed by atoms with Crippen molar-refractivity contribution in [1.29, 1.82) is 0 Å². The number of carbonyl (C=O) groups is 2. The SMILES string of the molecule is Cc1ccc(C)c(NC(=O)C(=O)NCCCn2ccnc2)c1. The third kappa shape index (κ3) is 4.44. The molecule has 1 aromatic carbocycles. The van der Waals surface area contributed by atoms with Gasteiger partial charge in [-0.25, -0.2) is 4.98 Å². The number of aryl methyl sites for hydroxylation is 3. The molecule has 0 saturated heterocycles. The first kappa shape index (κ1) is 15.8. The van der Waals surface area contributed by atoms with E-state index < -0.39 is 11.8 Å². The van der Waals surface area contributed by atoms with Crippen molar-refractivity contribution in [3.8, 4) is 0 Å². The summed E-state index contributed by atoms with van der Waals surface area (Å²) >= 11 is 0. The highest BCUT2D eigenvalue weighted by atomic mass is 16.2. The van der Waals surface area contributed by atoms with Crippen LogP contribution in [-0.2, 0) is 16.1 Å². The van der Waals surface area contributed by atoms with Gasteiger partial charge < -0.3 is 15.2 Å². The number of carbonyl (C=O) groups excluding carboxylic acids is 2. The minimum Gasteiger partial charge on any atom is -0.348 e. The maximum Gasteiger partial charge on any atom is 0.313 e. The number of anilines is 1. The second-order valence-electron chi connectivity index (χ2n) is 5.18. The zero-order valence-electron chi connectivity index (χ0n) is 12.8. The number of imidazole rings is 1. The fourth-order valence-corrected chi connectivity index (χ4v) is 2.01. The molecule has 0 unspecified atom stereocenters. The number of aromatic nitrogens is 2. The van der Waals surface area contributed by atoms with Crippen LogP contribution in [0, 0.1) is 13.8 Å². The number of hydrogen-bond donors (Lipinski definition) is 2. The predicted molar refractivity (Wildman–Crippen MR) is 84.4 cm³/mol. The Labute approximate surface area is 129 Å². The molecule has 6 heteroatoms. The molecule has 0 atom stereocenters. The number of nitrogens with zero attached hydrogens (tertiary/aromatic N) is 2. The molecule has 2 N–H and O–H groups in total. The Balaban J connectivity index is 1.77. The number of rotatable bonds is 5. The van der Waals surface area contributed by atoms with Crippen molar-refractivity contribution in [3.63, 3.8) is 0 Å². The molecule has 0 radical (unpaired) electrons. The van der Waals surface area contributed by atoms with E-state index in [-0.39, 0.29) is 0 Å². The van der Waals surface area contributed by atoms with Crippen LogP contribution in [0.1, 0.15) is 17.5 Å². The van der Waals surface area contributed by atoms with Gasteiger partial charge in [0.1, 0.15) is 0 Å². The normalized spacial score (nSPS) is 10.3. The smallest absolute Gasteiger partial charge is 0.313 e. The van der Waals surface area contributed by atoms with E-state index in [9.17, 15) is 9.59 Å². The summed E-state index contributed by atoms with van der Waals surface area (Å²) in [6.07, 6.45) is 6.01. The number of hydrogen-bond acceptors (Lipinski definition) is 3. The molecule has 6 nitrogen and oxygen atoms in total. The fourth-order valence-electron chi connectivity index (χ4n) is 2.01. The Morgan fingerprint density at radius 3 is 2.77 bits per heavy atom. The van der Waals surface area contributed by atoms with E-state index in [0.29, 0.717) is 12.2 Å². The van der Waals surface area contributed by atoms with Crippen LogP contribution in [0.15, 0.2) is 36.9 Å². The monoisotopic (exact) mass is 300 g/mol. The van der Waals surface area contributed by atoms with E-state index in [4.69, 9.17) is 0 Å². The van der Waals surface area contributed by atoms with Gasteiger partial charge in [0.05, 0.1) is 6.33 Å². The Kier molecular flexibility index (Phi) is 5.30. The van der Waals surface area contributed by atoms with E-state index in [0.717, 1.165) is 24.1 Å². The molecule has 1 aromatic heterocycles. The summed E-state index contributed by atoms with van der Waals surface area (Å²) < 4.78 is 1.92. The van der Waals surface area contributed by atoms with Gasteiger partial charge >= 0.3 is 11.8 Å². The van der Waals surface area contributed by atoms with Gasteiger partial charge in [0, 0.05) is 31.2 Å². The van der Waals surface area contributed by atoms with Crippen molar-refractivity contribution >= 4 is 17.5 Å². The molecule has 0 aliphatic heterocycles. The number of amides is 2. The maximum atomic E-state index is 11.9. The van der Waals surface area contributed by atoms with E-state index in [2.05, 4.69) is 15.6 Å². The third-order valence-electron chi connectivity index (χ3n) is 3.29. The summed E-state index contributed by atoms with van der Waals surface area (Å²) in [6.45, 7) is 5.01. The van der Waals surface area contributed by atoms with E-state index in [1.54, 1.807) is 12.5 Å². The van der Waals surface area contributed by atoms with Crippen LogP contribution >= 0.6 is 0 Å². The van der Waals surface area contributed by atoms with Crippen molar-refractivity contribution in [3.05, 3.63) is 48.0 Å². The van der Waals surface area contributed by atoms with Crippen molar-refractivity contribution < 1.29 is 9.59 Å². The lowest BCUT2D eigenvalue weighted by atomic mass is 10.1. The maximum absolute atomic E-state index is 11.9. The summed E-state index contributed by atoms with van der Waals surface area (Å²) in [5, 5.41) is 5.25. The van der Waals surface area contributed by atoms with Crippen molar-refractivity contribution in [2.45, 2.75) is 26.8 Å². The Morgan fingerprint density at radius 2 is 2.05 bits per heavy atom.